The maximum Gasteiger partial charge on any atom is 0.254 e. The number of amides is 1. The lowest BCUT2D eigenvalue weighted by Gasteiger charge is -2.08. The van der Waals surface area contributed by atoms with Crippen molar-refractivity contribution in [3.8, 4) is 0 Å². The third-order valence-corrected chi connectivity index (χ3v) is 3.19. The summed E-state index contributed by atoms with van der Waals surface area (Å²) in [6, 6.07) is 13.3. The largest absolute Gasteiger partial charge is 0.459 e. The first-order valence-electron chi connectivity index (χ1n) is 6.66. The van der Waals surface area contributed by atoms with Gasteiger partial charge in [0, 0.05) is 18.6 Å². The zero-order chi connectivity index (χ0) is 14.7. The molecule has 0 saturated heterocycles. The van der Waals surface area contributed by atoms with E-state index >= 15 is 0 Å². The number of rotatable bonds is 4. The van der Waals surface area contributed by atoms with Crippen LogP contribution in [0.3, 0.4) is 0 Å². The first-order valence-corrected chi connectivity index (χ1v) is 6.66. The molecule has 5 heteroatoms. The van der Waals surface area contributed by atoms with Crippen molar-refractivity contribution in [1.82, 2.24) is 10.3 Å². The van der Waals surface area contributed by atoms with Gasteiger partial charge in [-0.2, -0.15) is 0 Å². The molecule has 0 saturated carbocycles. The van der Waals surface area contributed by atoms with Crippen molar-refractivity contribution in [1.29, 1.82) is 0 Å². The Labute approximate surface area is 122 Å². The second-order valence-electron chi connectivity index (χ2n) is 4.58. The summed E-state index contributed by atoms with van der Waals surface area (Å²) in [5.41, 5.74) is 1.36. The third-order valence-electron chi connectivity index (χ3n) is 3.19. The number of pyridine rings is 1. The Morgan fingerprint density at radius 1 is 1.24 bits per heavy atom. The minimum absolute atomic E-state index is 0.171. The molecule has 0 fully saturated rings. The normalized spacial score (nSPS) is 10.5. The molecule has 3 aromatic rings. The second kappa shape index (κ2) is 5.66. The summed E-state index contributed by atoms with van der Waals surface area (Å²) in [7, 11) is 1.60. The van der Waals surface area contributed by atoms with Crippen molar-refractivity contribution in [2.24, 2.45) is 0 Å². The Kier molecular flexibility index (Phi) is 3.55. The van der Waals surface area contributed by atoms with E-state index in [0.29, 0.717) is 17.9 Å². The van der Waals surface area contributed by atoms with Gasteiger partial charge < -0.3 is 15.1 Å². The van der Waals surface area contributed by atoms with Crippen LogP contribution in [0.4, 0.5) is 5.82 Å². The van der Waals surface area contributed by atoms with E-state index in [1.54, 1.807) is 25.4 Å². The molecule has 0 bridgehead atoms. The van der Waals surface area contributed by atoms with Gasteiger partial charge in [0.25, 0.3) is 5.91 Å². The molecule has 0 atom stereocenters. The molecular weight excluding hydrogens is 266 g/mol. The minimum atomic E-state index is -0.171. The first-order chi connectivity index (χ1) is 10.3. The number of hydrogen-bond donors (Lipinski definition) is 2. The summed E-state index contributed by atoms with van der Waals surface area (Å²) in [5.74, 6) is 1.16. The summed E-state index contributed by atoms with van der Waals surface area (Å²) in [5, 5.41) is 6.80. The molecule has 0 unspecified atom stereocenters. The van der Waals surface area contributed by atoms with Gasteiger partial charge in [-0.15, -0.1) is 0 Å². The smallest absolute Gasteiger partial charge is 0.254 e. The molecule has 2 heterocycles. The molecule has 2 N–H and O–H groups in total. The van der Waals surface area contributed by atoms with Crippen LogP contribution >= 0.6 is 0 Å². The van der Waals surface area contributed by atoms with Crippen LogP contribution in [0.15, 0.2) is 53.1 Å². The average molecular weight is 281 g/mol. The van der Waals surface area contributed by atoms with Gasteiger partial charge in [0.1, 0.15) is 17.2 Å². The maximum atomic E-state index is 11.8. The van der Waals surface area contributed by atoms with E-state index in [-0.39, 0.29) is 5.91 Å². The van der Waals surface area contributed by atoms with Crippen LogP contribution in [0.5, 0.6) is 0 Å². The van der Waals surface area contributed by atoms with Crippen LogP contribution in [0, 0.1) is 0 Å². The highest BCUT2D eigenvalue weighted by Crippen LogP contribution is 2.20. The molecule has 21 heavy (non-hydrogen) atoms. The molecule has 0 spiro atoms. The lowest BCUT2D eigenvalue weighted by atomic mass is 10.2. The number of fused-ring (bicyclic) bond motifs is 1. The van der Waals surface area contributed by atoms with Gasteiger partial charge in [0.05, 0.1) is 12.1 Å². The average Bonchev–Trinajstić information content (AvgIpc) is 2.95. The molecule has 2 aromatic heterocycles. The Balaban J connectivity index is 1.80. The summed E-state index contributed by atoms with van der Waals surface area (Å²) in [6.45, 7) is 0.468. The zero-order valence-electron chi connectivity index (χ0n) is 11.6. The van der Waals surface area contributed by atoms with E-state index in [0.717, 1.165) is 16.7 Å². The number of furan rings is 1. The van der Waals surface area contributed by atoms with Gasteiger partial charge in [-0.1, -0.05) is 18.2 Å². The quantitative estimate of drug-likeness (QED) is 0.771. The van der Waals surface area contributed by atoms with E-state index in [1.165, 1.54) is 0 Å². The maximum absolute atomic E-state index is 11.8. The number of benzene rings is 1. The molecule has 3 rings (SSSR count). The number of carbonyl (C=O) groups excluding carboxylic acids is 1. The van der Waals surface area contributed by atoms with Gasteiger partial charge in [-0.25, -0.2) is 4.98 Å². The number of para-hydroxylation sites is 1. The lowest BCUT2D eigenvalue weighted by Crippen LogP contribution is -2.20. The van der Waals surface area contributed by atoms with Gasteiger partial charge in [-0.3, -0.25) is 4.79 Å². The fraction of sp³-hybridized carbons (Fsp3) is 0.125. The fourth-order valence-electron chi connectivity index (χ4n) is 2.16. The summed E-state index contributed by atoms with van der Waals surface area (Å²) in [6.07, 6.45) is 1.65. The van der Waals surface area contributed by atoms with Crippen LogP contribution < -0.4 is 10.6 Å². The predicted molar refractivity (Wildman–Crippen MR) is 81.2 cm³/mol. The van der Waals surface area contributed by atoms with E-state index in [2.05, 4.69) is 15.6 Å². The summed E-state index contributed by atoms with van der Waals surface area (Å²) < 4.78 is 5.73. The number of aromatic nitrogens is 1. The van der Waals surface area contributed by atoms with E-state index in [9.17, 15) is 4.79 Å². The van der Waals surface area contributed by atoms with Crippen molar-refractivity contribution >= 4 is 22.7 Å². The Morgan fingerprint density at radius 3 is 2.90 bits per heavy atom. The standard InChI is InChI=1S/C16H15N3O2/c1-17-16(20)13-6-4-8-18-15(13)19-10-12-9-11-5-2-3-7-14(11)21-12/h2-9H,10H2,1H3,(H,17,20)(H,18,19). The Morgan fingerprint density at radius 2 is 2.10 bits per heavy atom. The highest BCUT2D eigenvalue weighted by Gasteiger charge is 2.11. The van der Waals surface area contributed by atoms with Gasteiger partial charge in [-0.05, 0) is 24.3 Å². The number of nitrogens with zero attached hydrogens (tertiary/aromatic N) is 1. The van der Waals surface area contributed by atoms with Crippen molar-refractivity contribution in [2.45, 2.75) is 6.54 Å². The van der Waals surface area contributed by atoms with E-state index in [4.69, 9.17) is 4.42 Å². The summed E-state index contributed by atoms with van der Waals surface area (Å²) in [4.78, 5) is 16.0. The topological polar surface area (TPSA) is 67.2 Å². The fourth-order valence-corrected chi connectivity index (χ4v) is 2.16. The minimum Gasteiger partial charge on any atom is -0.459 e. The number of carbonyl (C=O) groups is 1. The van der Waals surface area contributed by atoms with Gasteiger partial charge in [0.15, 0.2) is 0 Å². The number of anilines is 1. The van der Waals surface area contributed by atoms with Crippen LogP contribution in [0.2, 0.25) is 0 Å². The third kappa shape index (κ3) is 2.72. The van der Waals surface area contributed by atoms with Gasteiger partial charge >= 0.3 is 0 Å². The highest BCUT2D eigenvalue weighted by atomic mass is 16.3. The molecule has 1 amide bonds. The number of hydrogen-bond acceptors (Lipinski definition) is 4. The van der Waals surface area contributed by atoms with Crippen molar-refractivity contribution in [2.75, 3.05) is 12.4 Å². The lowest BCUT2D eigenvalue weighted by molar-refractivity contribution is 0.0963. The molecule has 0 aliphatic heterocycles. The van der Waals surface area contributed by atoms with Crippen LogP contribution in [-0.2, 0) is 6.54 Å². The van der Waals surface area contributed by atoms with E-state index in [1.807, 2.05) is 30.3 Å². The second-order valence-corrected chi connectivity index (χ2v) is 4.58. The molecule has 0 aliphatic carbocycles. The summed E-state index contributed by atoms with van der Waals surface area (Å²) >= 11 is 0. The van der Waals surface area contributed by atoms with Crippen LogP contribution in [-0.4, -0.2) is 17.9 Å². The predicted octanol–water partition coefficient (Wildman–Crippen LogP) is 2.80. The van der Waals surface area contributed by atoms with Crippen LogP contribution in [0.1, 0.15) is 16.1 Å². The molecule has 0 radical (unpaired) electrons. The van der Waals surface area contributed by atoms with Gasteiger partial charge in [0.2, 0.25) is 0 Å². The van der Waals surface area contributed by atoms with Crippen molar-refractivity contribution < 1.29 is 9.21 Å². The molecule has 1 aromatic carbocycles. The first kappa shape index (κ1) is 13.2. The Hall–Kier alpha value is -2.82. The van der Waals surface area contributed by atoms with Crippen LogP contribution in [0.25, 0.3) is 11.0 Å². The zero-order valence-corrected chi connectivity index (χ0v) is 11.6. The van der Waals surface area contributed by atoms with Crippen molar-refractivity contribution in [3.63, 3.8) is 0 Å². The Bertz CT molecular complexity index is 747. The molecular formula is C16H15N3O2. The highest BCUT2D eigenvalue weighted by molar-refractivity contribution is 5.98. The molecule has 5 nitrogen and oxygen atoms in total. The van der Waals surface area contributed by atoms with Crippen molar-refractivity contribution in [3.05, 3.63) is 60.0 Å². The monoisotopic (exact) mass is 281 g/mol. The molecule has 106 valence electrons. The number of nitrogens with one attached hydrogen (secondary N) is 2. The van der Waals surface area contributed by atoms with E-state index < -0.39 is 0 Å². The molecule has 0 aliphatic rings. The SMILES string of the molecule is CNC(=O)c1cccnc1NCc1cc2ccccc2o1.